The van der Waals surface area contributed by atoms with Gasteiger partial charge in [0.15, 0.2) is 0 Å². The van der Waals surface area contributed by atoms with Crippen molar-refractivity contribution in [3.63, 3.8) is 0 Å². The molecule has 0 spiro atoms. The molecule has 0 saturated carbocycles. The second-order valence-corrected chi connectivity index (χ2v) is 7.57. The molecule has 1 amide bonds. The average molecular weight is 397 g/mol. The summed E-state index contributed by atoms with van der Waals surface area (Å²) in [5.74, 6) is -0.180. The summed E-state index contributed by atoms with van der Waals surface area (Å²) in [6, 6.07) is 3.50. The minimum Gasteiger partial charge on any atom is -0.450 e. The van der Waals surface area contributed by atoms with Gasteiger partial charge < -0.3 is 15.0 Å². The summed E-state index contributed by atoms with van der Waals surface area (Å²) in [4.78, 5) is 16.0. The van der Waals surface area contributed by atoms with Crippen molar-refractivity contribution in [3.8, 4) is 0 Å². The van der Waals surface area contributed by atoms with Crippen molar-refractivity contribution in [2.24, 2.45) is 5.73 Å². The second-order valence-electron chi connectivity index (χ2n) is 6.50. The molecule has 0 atom stereocenters. The number of aromatic nitrogens is 2. The van der Waals surface area contributed by atoms with E-state index in [4.69, 9.17) is 15.5 Å². The Hall–Kier alpha value is -2.09. The number of primary amides is 1. The number of halogens is 2. The lowest BCUT2D eigenvalue weighted by Crippen LogP contribution is -2.14. The number of rotatable bonds is 9. The van der Waals surface area contributed by atoms with Crippen molar-refractivity contribution < 1.29 is 18.3 Å². The Kier molecular flexibility index (Phi) is 7.65. The summed E-state index contributed by atoms with van der Waals surface area (Å²) < 4.78 is 34.0. The Morgan fingerprint density at radius 3 is 2.52 bits per heavy atom. The van der Waals surface area contributed by atoms with E-state index in [1.165, 1.54) is 23.9 Å². The fourth-order valence-corrected chi connectivity index (χ4v) is 3.99. The van der Waals surface area contributed by atoms with E-state index >= 15 is 0 Å². The van der Waals surface area contributed by atoms with Gasteiger partial charge in [-0.3, -0.25) is 0 Å². The first kappa shape index (κ1) is 21.2. The van der Waals surface area contributed by atoms with Crippen molar-refractivity contribution in [1.29, 1.82) is 0 Å². The minimum absolute atomic E-state index is 0.157. The standard InChI is InChI=1S/C19H25F2N3O2S/c1-4-7-24-16(6-5-8-26-19(22)25)23-17(12(2)3)18(24)27-15-10-13(20)9-14(21)11-15/h9-12H,4-8H2,1-3H3,(H2,22,25). The summed E-state index contributed by atoms with van der Waals surface area (Å²) in [7, 11) is 0. The number of ether oxygens (including phenoxy) is 1. The van der Waals surface area contributed by atoms with Crippen molar-refractivity contribution in [2.45, 2.75) is 62.4 Å². The van der Waals surface area contributed by atoms with Crippen LogP contribution >= 0.6 is 11.8 Å². The van der Waals surface area contributed by atoms with E-state index in [0.717, 1.165) is 35.6 Å². The Bertz CT molecular complexity index is 773. The van der Waals surface area contributed by atoms with Gasteiger partial charge in [-0.05, 0) is 30.9 Å². The van der Waals surface area contributed by atoms with Crippen molar-refractivity contribution in [2.75, 3.05) is 6.61 Å². The van der Waals surface area contributed by atoms with E-state index in [1.807, 2.05) is 13.8 Å². The molecule has 2 rings (SSSR count). The highest BCUT2D eigenvalue weighted by atomic mass is 32.2. The maximum atomic E-state index is 13.6. The summed E-state index contributed by atoms with van der Waals surface area (Å²) in [5.41, 5.74) is 5.87. The Morgan fingerprint density at radius 2 is 1.96 bits per heavy atom. The number of aryl methyl sites for hydroxylation is 1. The van der Waals surface area contributed by atoms with Crippen LogP contribution in [0.25, 0.3) is 0 Å². The van der Waals surface area contributed by atoms with Crippen LogP contribution in [0.5, 0.6) is 0 Å². The van der Waals surface area contributed by atoms with Crippen molar-refractivity contribution in [1.82, 2.24) is 9.55 Å². The van der Waals surface area contributed by atoms with Crippen LogP contribution < -0.4 is 5.73 Å². The van der Waals surface area contributed by atoms with Gasteiger partial charge in [0.05, 0.1) is 12.3 Å². The lowest BCUT2D eigenvalue weighted by Gasteiger charge is -2.12. The molecule has 1 heterocycles. The SMILES string of the molecule is CCCn1c(CCCOC(N)=O)nc(C(C)C)c1Sc1cc(F)cc(F)c1. The minimum atomic E-state index is -0.792. The molecule has 1 aromatic carbocycles. The molecule has 2 aromatic rings. The fraction of sp³-hybridized carbons (Fsp3) is 0.474. The first-order chi connectivity index (χ1) is 12.8. The van der Waals surface area contributed by atoms with Gasteiger partial charge in [0.2, 0.25) is 0 Å². The van der Waals surface area contributed by atoms with Crippen LogP contribution in [0.2, 0.25) is 0 Å². The van der Waals surface area contributed by atoms with Crippen molar-refractivity contribution >= 4 is 17.9 Å². The van der Waals surface area contributed by atoms with Gasteiger partial charge in [-0.25, -0.2) is 18.6 Å². The molecule has 1 aromatic heterocycles. The zero-order valence-corrected chi connectivity index (χ0v) is 16.6. The zero-order valence-electron chi connectivity index (χ0n) is 15.8. The number of hydrogen-bond acceptors (Lipinski definition) is 4. The van der Waals surface area contributed by atoms with Gasteiger partial charge in [-0.1, -0.05) is 32.5 Å². The van der Waals surface area contributed by atoms with Crippen LogP contribution in [0, 0.1) is 11.6 Å². The summed E-state index contributed by atoms with van der Waals surface area (Å²) >= 11 is 1.32. The molecule has 0 saturated heterocycles. The molecule has 0 unspecified atom stereocenters. The average Bonchev–Trinajstić information content (AvgIpc) is 2.89. The molecule has 0 aliphatic carbocycles. The van der Waals surface area contributed by atoms with Crippen LogP contribution in [-0.2, 0) is 17.7 Å². The predicted octanol–water partition coefficient (Wildman–Crippen LogP) is 4.87. The second kappa shape index (κ2) is 9.73. The van der Waals surface area contributed by atoms with Crippen molar-refractivity contribution in [3.05, 3.63) is 41.4 Å². The lowest BCUT2D eigenvalue weighted by molar-refractivity contribution is 0.155. The number of imidazole rings is 1. The van der Waals surface area contributed by atoms with Gasteiger partial charge in [0.1, 0.15) is 22.5 Å². The lowest BCUT2D eigenvalue weighted by atomic mass is 10.1. The number of carbonyl (C=O) groups excluding carboxylic acids is 1. The van der Waals surface area contributed by atoms with Crippen LogP contribution in [0.15, 0.2) is 28.1 Å². The molecule has 27 heavy (non-hydrogen) atoms. The number of nitrogens with two attached hydrogens (primary N) is 1. The first-order valence-corrected chi connectivity index (χ1v) is 9.79. The quantitative estimate of drug-likeness (QED) is 0.613. The van der Waals surface area contributed by atoms with E-state index in [9.17, 15) is 13.6 Å². The maximum Gasteiger partial charge on any atom is 0.404 e. The third-order valence-electron chi connectivity index (χ3n) is 3.86. The third kappa shape index (κ3) is 5.95. The van der Waals surface area contributed by atoms with E-state index < -0.39 is 17.7 Å². The number of benzene rings is 1. The largest absolute Gasteiger partial charge is 0.450 e. The molecule has 148 valence electrons. The van der Waals surface area contributed by atoms with Gasteiger partial charge >= 0.3 is 6.09 Å². The van der Waals surface area contributed by atoms with E-state index in [-0.39, 0.29) is 12.5 Å². The van der Waals surface area contributed by atoms with Crippen LogP contribution in [0.4, 0.5) is 13.6 Å². The predicted molar refractivity (Wildman–Crippen MR) is 101 cm³/mol. The highest BCUT2D eigenvalue weighted by Crippen LogP contribution is 2.36. The third-order valence-corrected chi connectivity index (χ3v) is 4.95. The molecule has 0 radical (unpaired) electrons. The van der Waals surface area contributed by atoms with Gasteiger partial charge in [-0.15, -0.1) is 0 Å². The molecule has 2 N–H and O–H groups in total. The number of hydrogen-bond donors (Lipinski definition) is 1. The maximum absolute atomic E-state index is 13.6. The number of carbonyl (C=O) groups is 1. The highest BCUT2D eigenvalue weighted by Gasteiger charge is 2.20. The Labute approximate surface area is 162 Å². The summed E-state index contributed by atoms with van der Waals surface area (Å²) in [6.07, 6.45) is 1.31. The van der Waals surface area contributed by atoms with E-state index in [1.54, 1.807) is 0 Å². The van der Waals surface area contributed by atoms with Gasteiger partial charge in [0.25, 0.3) is 0 Å². The number of nitrogens with zero attached hydrogens (tertiary/aromatic N) is 2. The topological polar surface area (TPSA) is 70.1 Å². The van der Waals surface area contributed by atoms with Crippen LogP contribution in [0.3, 0.4) is 0 Å². The van der Waals surface area contributed by atoms with Crippen LogP contribution in [-0.4, -0.2) is 22.3 Å². The van der Waals surface area contributed by atoms with E-state index in [0.29, 0.717) is 17.7 Å². The van der Waals surface area contributed by atoms with Gasteiger partial charge in [0, 0.05) is 23.9 Å². The van der Waals surface area contributed by atoms with Gasteiger partial charge in [-0.2, -0.15) is 0 Å². The molecular formula is C19H25F2N3O2S. The summed E-state index contributed by atoms with van der Waals surface area (Å²) in [6.45, 7) is 7.10. The number of amides is 1. The highest BCUT2D eigenvalue weighted by molar-refractivity contribution is 7.99. The normalized spacial score (nSPS) is 11.2. The molecular weight excluding hydrogens is 372 g/mol. The molecule has 8 heteroatoms. The zero-order chi connectivity index (χ0) is 20.0. The van der Waals surface area contributed by atoms with E-state index in [2.05, 4.69) is 11.5 Å². The molecule has 5 nitrogen and oxygen atoms in total. The fourth-order valence-electron chi connectivity index (χ4n) is 2.73. The molecule has 0 aliphatic rings. The first-order valence-electron chi connectivity index (χ1n) is 8.97. The monoisotopic (exact) mass is 397 g/mol. The Balaban J connectivity index is 2.33. The summed E-state index contributed by atoms with van der Waals surface area (Å²) in [5, 5.41) is 0.891. The Morgan fingerprint density at radius 1 is 1.30 bits per heavy atom. The molecule has 0 bridgehead atoms. The molecule has 0 aliphatic heterocycles. The molecule has 0 fully saturated rings. The smallest absolute Gasteiger partial charge is 0.404 e. The van der Waals surface area contributed by atoms with Crippen LogP contribution in [0.1, 0.15) is 51.0 Å².